The molecular weight excluding hydrogens is 248 g/mol. The molecule has 1 aliphatic heterocycles. The second-order valence-corrected chi connectivity index (χ2v) is 8.00. The van der Waals surface area contributed by atoms with Crippen LogP contribution in [0.1, 0.15) is 32.0 Å². The van der Waals surface area contributed by atoms with Crippen molar-refractivity contribution in [1.82, 2.24) is 4.98 Å². The molecule has 0 saturated heterocycles. The first kappa shape index (κ1) is 13.2. The predicted molar refractivity (Wildman–Crippen MR) is 73.4 cm³/mol. The van der Waals surface area contributed by atoms with Gasteiger partial charge < -0.3 is 0 Å². The van der Waals surface area contributed by atoms with Crippen molar-refractivity contribution in [3.8, 4) is 0 Å². The highest BCUT2D eigenvalue weighted by Crippen LogP contribution is 2.30. The highest BCUT2D eigenvalue weighted by molar-refractivity contribution is 7.91. The molecule has 0 radical (unpaired) electrons. The van der Waals surface area contributed by atoms with Crippen LogP contribution < -0.4 is 0 Å². The molecule has 1 aliphatic rings. The Labute approximate surface area is 108 Å². The fourth-order valence-corrected chi connectivity index (χ4v) is 2.69. The summed E-state index contributed by atoms with van der Waals surface area (Å²) in [5.74, 6) is 0.0220. The van der Waals surface area contributed by atoms with Gasteiger partial charge in [-0.15, -0.1) is 0 Å². The van der Waals surface area contributed by atoms with E-state index in [0.717, 1.165) is 16.9 Å². The molecule has 4 nitrogen and oxygen atoms in total. The summed E-state index contributed by atoms with van der Waals surface area (Å²) in [6, 6.07) is 2.01. The lowest BCUT2D eigenvalue weighted by molar-refractivity contribution is 0.587. The van der Waals surface area contributed by atoms with Crippen molar-refractivity contribution in [2.75, 3.05) is 12.0 Å². The molecule has 2 rings (SSSR count). The summed E-state index contributed by atoms with van der Waals surface area (Å²) < 4.78 is 22.5. The molecular formula is C13H18N2O2S. The molecule has 0 saturated carbocycles. The van der Waals surface area contributed by atoms with Gasteiger partial charge in [-0.05, 0) is 17.0 Å². The van der Waals surface area contributed by atoms with Crippen molar-refractivity contribution in [3.05, 3.63) is 23.5 Å². The SMILES string of the molecule is CC(C)(C)c1cnc2c(c1)N=C(CS(C)(=O)=O)C2. The van der Waals surface area contributed by atoms with Crippen molar-refractivity contribution < 1.29 is 8.42 Å². The summed E-state index contributed by atoms with van der Waals surface area (Å²) in [5, 5.41) is 0. The molecule has 98 valence electrons. The Balaban J connectivity index is 2.32. The van der Waals surface area contributed by atoms with Gasteiger partial charge >= 0.3 is 0 Å². The first-order valence-corrected chi connectivity index (χ1v) is 7.95. The summed E-state index contributed by atoms with van der Waals surface area (Å²) in [6.45, 7) is 6.35. The molecule has 0 spiro atoms. The van der Waals surface area contributed by atoms with E-state index in [0.29, 0.717) is 12.1 Å². The van der Waals surface area contributed by atoms with Gasteiger partial charge in [-0.25, -0.2) is 8.42 Å². The van der Waals surface area contributed by atoms with Gasteiger partial charge in [-0.2, -0.15) is 0 Å². The van der Waals surface area contributed by atoms with Crippen LogP contribution in [0.2, 0.25) is 0 Å². The van der Waals surface area contributed by atoms with Gasteiger partial charge in [0.15, 0.2) is 9.84 Å². The van der Waals surface area contributed by atoms with Gasteiger partial charge in [0.25, 0.3) is 0 Å². The van der Waals surface area contributed by atoms with Crippen LogP contribution in [0, 0.1) is 0 Å². The highest BCUT2D eigenvalue weighted by Gasteiger charge is 2.22. The monoisotopic (exact) mass is 266 g/mol. The van der Waals surface area contributed by atoms with E-state index in [2.05, 4.69) is 30.7 Å². The molecule has 5 heteroatoms. The fraction of sp³-hybridized carbons (Fsp3) is 0.538. The standard InChI is InChI=1S/C13H18N2O2S/c1-13(2,3)9-5-12-11(14-7-9)6-10(15-12)8-18(4,16)17/h5,7H,6,8H2,1-4H3. The number of sulfone groups is 1. The molecule has 0 unspecified atom stereocenters. The highest BCUT2D eigenvalue weighted by atomic mass is 32.2. The normalized spacial score (nSPS) is 15.4. The number of hydrogen-bond acceptors (Lipinski definition) is 4. The summed E-state index contributed by atoms with van der Waals surface area (Å²) in [5.41, 5.74) is 3.52. The molecule has 0 amide bonds. The number of aromatic nitrogens is 1. The van der Waals surface area contributed by atoms with Gasteiger partial charge in [-0.1, -0.05) is 20.8 Å². The van der Waals surface area contributed by atoms with E-state index in [1.807, 2.05) is 12.3 Å². The van der Waals surface area contributed by atoms with Crippen LogP contribution in [0.25, 0.3) is 0 Å². The first-order chi connectivity index (χ1) is 8.15. The summed E-state index contributed by atoms with van der Waals surface area (Å²) in [7, 11) is -3.02. The average molecular weight is 266 g/mol. The zero-order valence-electron chi connectivity index (χ0n) is 11.2. The molecule has 1 aromatic rings. The average Bonchev–Trinajstić information content (AvgIpc) is 2.53. The number of fused-ring (bicyclic) bond motifs is 1. The van der Waals surface area contributed by atoms with Gasteiger partial charge in [0.05, 0.1) is 17.1 Å². The predicted octanol–water partition coefficient (Wildman–Crippen LogP) is 2.05. The topological polar surface area (TPSA) is 59.4 Å². The molecule has 18 heavy (non-hydrogen) atoms. The Morgan fingerprint density at radius 3 is 2.56 bits per heavy atom. The van der Waals surface area contributed by atoms with Crippen molar-refractivity contribution in [2.45, 2.75) is 32.6 Å². The van der Waals surface area contributed by atoms with Gasteiger partial charge in [-0.3, -0.25) is 9.98 Å². The van der Waals surface area contributed by atoms with E-state index in [1.54, 1.807) is 0 Å². The minimum Gasteiger partial charge on any atom is -0.258 e. The van der Waals surface area contributed by atoms with E-state index in [-0.39, 0.29) is 11.2 Å². The Kier molecular flexibility index (Phi) is 3.05. The minimum atomic E-state index is -3.02. The summed E-state index contributed by atoms with van der Waals surface area (Å²) >= 11 is 0. The lowest BCUT2D eigenvalue weighted by atomic mass is 9.88. The molecule has 0 bridgehead atoms. The molecule has 0 aliphatic carbocycles. The van der Waals surface area contributed by atoms with E-state index in [4.69, 9.17) is 0 Å². The molecule has 0 atom stereocenters. The maximum atomic E-state index is 11.3. The molecule has 2 heterocycles. The summed E-state index contributed by atoms with van der Waals surface area (Å²) in [4.78, 5) is 8.78. The second-order valence-electron chi connectivity index (χ2n) is 5.86. The van der Waals surface area contributed by atoms with Gasteiger partial charge in [0.2, 0.25) is 0 Å². The molecule has 0 fully saturated rings. The van der Waals surface area contributed by atoms with E-state index < -0.39 is 9.84 Å². The first-order valence-electron chi connectivity index (χ1n) is 5.89. The number of hydrogen-bond donors (Lipinski definition) is 0. The second kappa shape index (κ2) is 4.16. The lowest BCUT2D eigenvalue weighted by Crippen LogP contribution is -2.14. The van der Waals surface area contributed by atoms with Crippen LogP contribution in [-0.2, 0) is 21.7 Å². The van der Waals surface area contributed by atoms with Crippen molar-refractivity contribution in [3.63, 3.8) is 0 Å². The van der Waals surface area contributed by atoms with Crippen LogP contribution in [-0.4, -0.2) is 31.1 Å². The number of pyridine rings is 1. The van der Waals surface area contributed by atoms with Gasteiger partial charge in [0.1, 0.15) is 0 Å². The maximum absolute atomic E-state index is 11.3. The van der Waals surface area contributed by atoms with E-state index >= 15 is 0 Å². The molecule has 1 aromatic heterocycles. The third-order valence-corrected chi connectivity index (χ3v) is 3.75. The quantitative estimate of drug-likeness (QED) is 0.823. The maximum Gasteiger partial charge on any atom is 0.152 e. The number of nitrogens with zero attached hydrogens (tertiary/aromatic N) is 2. The molecule has 0 N–H and O–H groups in total. The Morgan fingerprint density at radius 2 is 2.00 bits per heavy atom. The number of aliphatic imine (C=N–C) groups is 1. The van der Waals surface area contributed by atoms with Crippen LogP contribution >= 0.6 is 0 Å². The Morgan fingerprint density at radius 1 is 1.33 bits per heavy atom. The van der Waals surface area contributed by atoms with E-state index in [1.165, 1.54) is 6.26 Å². The smallest absolute Gasteiger partial charge is 0.152 e. The van der Waals surface area contributed by atoms with Gasteiger partial charge in [0, 0.05) is 24.6 Å². The third-order valence-electron chi connectivity index (χ3n) is 2.89. The van der Waals surface area contributed by atoms with Crippen LogP contribution in [0.3, 0.4) is 0 Å². The Bertz CT molecular complexity index is 610. The lowest BCUT2D eigenvalue weighted by Gasteiger charge is -2.18. The zero-order chi connectivity index (χ0) is 13.6. The zero-order valence-corrected chi connectivity index (χ0v) is 12.0. The van der Waals surface area contributed by atoms with E-state index in [9.17, 15) is 8.42 Å². The largest absolute Gasteiger partial charge is 0.258 e. The number of rotatable bonds is 2. The van der Waals surface area contributed by atoms with Crippen molar-refractivity contribution in [2.24, 2.45) is 4.99 Å². The van der Waals surface area contributed by atoms with Crippen LogP contribution in [0.5, 0.6) is 0 Å². The van der Waals surface area contributed by atoms with Crippen molar-refractivity contribution >= 4 is 21.2 Å². The molecule has 0 aromatic carbocycles. The summed E-state index contributed by atoms with van der Waals surface area (Å²) in [6.07, 6.45) is 3.64. The Hall–Kier alpha value is -1.23. The van der Waals surface area contributed by atoms with Crippen LogP contribution in [0.4, 0.5) is 5.69 Å². The van der Waals surface area contributed by atoms with Crippen molar-refractivity contribution in [1.29, 1.82) is 0 Å². The van der Waals surface area contributed by atoms with Crippen LogP contribution in [0.15, 0.2) is 17.3 Å². The third kappa shape index (κ3) is 2.96. The fourth-order valence-electron chi connectivity index (χ4n) is 1.91. The minimum absolute atomic E-state index is 0.0220.